The maximum Gasteiger partial charge on any atom is 0.338 e. The predicted octanol–water partition coefficient (Wildman–Crippen LogP) is 3.40. The molecular formula is C15H12FNO4. The van der Waals surface area contributed by atoms with Gasteiger partial charge in [-0.25, -0.2) is 9.18 Å². The molecule has 0 saturated heterocycles. The van der Waals surface area contributed by atoms with E-state index in [1.807, 2.05) is 0 Å². The minimum Gasteiger partial charge on any atom is -0.457 e. The Labute approximate surface area is 120 Å². The van der Waals surface area contributed by atoms with Crippen molar-refractivity contribution in [3.8, 4) is 0 Å². The molecular weight excluding hydrogens is 277 g/mol. The van der Waals surface area contributed by atoms with E-state index in [1.165, 1.54) is 43.3 Å². The molecule has 2 rings (SSSR count). The first kappa shape index (κ1) is 14.6. The second-order valence-corrected chi connectivity index (χ2v) is 4.41. The second-order valence-electron chi connectivity index (χ2n) is 4.41. The lowest BCUT2D eigenvalue weighted by molar-refractivity contribution is -0.385. The fourth-order valence-electron chi connectivity index (χ4n) is 1.90. The van der Waals surface area contributed by atoms with Crippen molar-refractivity contribution >= 4 is 11.7 Å². The van der Waals surface area contributed by atoms with Crippen molar-refractivity contribution in [2.45, 2.75) is 13.5 Å². The van der Waals surface area contributed by atoms with Gasteiger partial charge in [-0.3, -0.25) is 10.1 Å². The Balaban J connectivity index is 2.14. The first-order valence-electron chi connectivity index (χ1n) is 6.14. The average Bonchev–Trinajstić information content (AvgIpc) is 2.45. The number of carbonyl (C=O) groups is 1. The number of benzene rings is 2. The molecule has 0 spiro atoms. The van der Waals surface area contributed by atoms with Crippen molar-refractivity contribution in [2.75, 3.05) is 0 Å². The Kier molecular flexibility index (Phi) is 4.27. The van der Waals surface area contributed by atoms with Gasteiger partial charge in [0.1, 0.15) is 12.4 Å². The van der Waals surface area contributed by atoms with Gasteiger partial charge in [-0.2, -0.15) is 0 Å². The first-order chi connectivity index (χ1) is 9.99. The van der Waals surface area contributed by atoms with Gasteiger partial charge in [-0.05, 0) is 30.7 Å². The Morgan fingerprint density at radius 3 is 2.67 bits per heavy atom. The van der Waals surface area contributed by atoms with Gasteiger partial charge in [0.25, 0.3) is 5.69 Å². The molecule has 0 bridgehead atoms. The highest BCUT2D eigenvalue weighted by Crippen LogP contribution is 2.22. The van der Waals surface area contributed by atoms with Gasteiger partial charge in [0.05, 0.1) is 10.5 Å². The third-order valence-electron chi connectivity index (χ3n) is 2.98. The molecule has 108 valence electrons. The molecule has 0 amide bonds. The Hall–Kier alpha value is -2.76. The van der Waals surface area contributed by atoms with Crippen molar-refractivity contribution in [3.05, 3.63) is 75.1 Å². The predicted molar refractivity (Wildman–Crippen MR) is 73.4 cm³/mol. The van der Waals surface area contributed by atoms with E-state index in [1.54, 1.807) is 6.07 Å². The number of rotatable bonds is 4. The second kappa shape index (κ2) is 6.13. The highest BCUT2D eigenvalue weighted by molar-refractivity contribution is 5.92. The number of carbonyl (C=O) groups excluding carboxylic acids is 1. The summed E-state index contributed by atoms with van der Waals surface area (Å²) in [6.07, 6.45) is 0. The number of nitro groups is 1. The summed E-state index contributed by atoms with van der Waals surface area (Å²) in [5.41, 5.74) is 0.731. The third-order valence-corrected chi connectivity index (χ3v) is 2.98. The van der Waals surface area contributed by atoms with Crippen LogP contribution in [0.25, 0.3) is 0 Å². The van der Waals surface area contributed by atoms with Gasteiger partial charge in [0.2, 0.25) is 0 Å². The quantitative estimate of drug-likeness (QED) is 0.491. The normalized spacial score (nSPS) is 10.2. The van der Waals surface area contributed by atoms with Crippen LogP contribution in [-0.4, -0.2) is 10.9 Å². The van der Waals surface area contributed by atoms with E-state index >= 15 is 0 Å². The average molecular weight is 289 g/mol. The van der Waals surface area contributed by atoms with E-state index in [-0.39, 0.29) is 23.4 Å². The number of ether oxygens (including phenoxy) is 1. The molecule has 0 aliphatic heterocycles. The van der Waals surface area contributed by atoms with Gasteiger partial charge < -0.3 is 4.74 Å². The standard InChI is InChI=1S/C15H12FNO4/c1-10-13(6-3-7-14(10)17(19)20)15(18)21-9-11-4-2-5-12(16)8-11/h2-8H,9H2,1H3. The lowest BCUT2D eigenvalue weighted by Gasteiger charge is -2.07. The highest BCUT2D eigenvalue weighted by atomic mass is 19.1. The minimum atomic E-state index is -0.680. The zero-order valence-electron chi connectivity index (χ0n) is 11.2. The van der Waals surface area contributed by atoms with Crippen LogP contribution in [-0.2, 0) is 11.3 Å². The lowest BCUT2D eigenvalue weighted by atomic mass is 10.1. The van der Waals surface area contributed by atoms with Crippen molar-refractivity contribution in [2.24, 2.45) is 0 Å². The van der Waals surface area contributed by atoms with E-state index in [9.17, 15) is 19.3 Å². The van der Waals surface area contributed by atoms with Crippen LogP contribution < -0.4 is 0 Å². The number of hydrogen-bond donors (Lipinski definition) is 0. The highest BCUT2D eigenvalue weighted by Gasteiger charge is 2.18. The molecule has 0 aliphatic rings. The Morgan fingerprint density at radius 1 is 1.29 bits per heavy atom. The molecule has 0 saturated carbocycles. The van der Waals surface area contributed by atoms with Gasteiger partial charge in [-0.1, -0.05) is 18.2 Å². The van der Waals surface area contributed by atoms with Crippen molar-refractivity contribution in [1.82, 2.24) is 0 Å². The van der Waals surface area contributed by atoms with Gasteiger partial charge >= 0.3 is 5.97 Å². The summed E-state index contributed by atoms with van der Waals surface area (Å²) >= 11 is 0. The summed E-state index contributed by atoms with van der Waals surface area (Å²) in [7, 11) is 0. The van der Waals surface area contributed by atoms with E-state index in [0.29, 0.717) is 5.56 Å². The zero-order chi connectivity index (χ0) is 15.4. The Bertz CT molecular complexity index is 700. The van der Waals surface area contributed by atoms with Crippen LogP contribution in [0.2, 0.25) is 0 Å². The van der Waals surface area contributed by atoms with Gasteiger partial charge in [0, 0.05) is 11.6 Å². The van der Waals surface area contributed by atoms with Crippen LogP contribution in [0.15, 0.2) is 42.5 Å². The molecule has 2 aromatic rings. The number of hydrogen-bond acceptors (Lipinski definition) is 4. The number of esters is 1. The SMILES string of the molecule is Cc1c(C(=O)OCc2cccc(F)c2)cccc1[N+](=O)[O-]. The van der Waals surface area contributed by atoms with Crippen molar-refractivity contribution in [3.63, 3.8) is 0 Å². The fourth-order valence-corrected chi connectivity index (χ4v) is 1.90. The molecule has 0 radical (unpaired) electrons. The summed E-state index contributed by atoms with van der Waals surface area (Å²) in [6, 6.07) is 9.87. The van der Waals surface area contributed by atoms with Crippen LogP contribution >= 0.6 is 0 Å². The number of nitro benzene ring substituents is 1. The van der Waals surface area contributed by atoms with E-state index < -0.39 is 16.7 Å². The lowest BCUT2D eigenvalue weighted by Crippen LogP contribution is -2.08. The summed E-state index contributed by atoms with van der Waals surface area (Å²) in [5, 5.41) is 10.8. The van der Waals surface area contributed by atoms with Gasteiger partial charge in [0.15, 0.2) is 0 Å². The molecule has 0 unspecified atom stereocenters. The number of halogens is 1. The monoisotopic (exact) mass is 289 g/mol. The Morgan fingerprint density at radius 2 is 2.00 bits per heavy atom. The summed E-state index contributed by atoms with van der Waals surface area (Å²) in [6.45, 7) is 1.38. The molecule has 5 nitrogen and oxygen atoms in total. The van der Waals surface area contributed by atoms with Crippen LogP contribution in [0.3, 0.4) is 0 Å². The van der Waals surface area contributed by atoms with Crippen LogP contribution in [0.4, 0.5) is 10.1 Å². The summed E-state index contributed by atoms with van der Waals surface area (Å²) in [4.78, 5) is 22.2. The molecule has 2 aromatic carbocycles. The van der Waals surface area contributed by atoms with Crippen molar-refractivity contribution < 1.29 is 18.8 Å². The fraction of sp³-hybridized carbons (Fsp3) is 0.133. The topological polar surface area (TPSA) is 69.4 Å². The van der Waals surface area contributed by atoms with Crippen LogP contribution in [0, 0.1) is 22.9 Å². The minimum absolute atomic E-state index is 0.0985. The van der Waals surface area contributed by atoms with Crippen LogP contribution in [0.5, 0.6) is 0 Å². The summed E-state index contributed by atoms with van der Waals surface area (Å²) < 4.78 is 18.1. The zero-order valence-corrected chi connectivity index (χ0v) is 11.2. The van der Waals surface area contributed by atoms with Gasteiger partial charge in [-0.15, -0.1) is 0 Å². The van der Waals surface area contributed by atoms with E-state index in [4.69, 9.17) is 4.74 Å². The molecule has 6 heteroatoms. The molecule has 0 aromatic heterocycles. The van der Waals surface area contributed by atoms with Crippen molar-refractivity contribution in [1.29, 1.82) is 0 Å². The van der Waals surface area contributed by atoms with E-state index in [2.05, 4.69) is 0 Å². The largest absolute Gasteiger partial charge is 0.457 e. The molecule has 21 heavy (non-hydrogen) atoms. The van der Waals surface area contributed by atoms with Crippen LogP contribution in [0.1, 0.15) is 21.5 Å². The summed E-state index contributed by atoms with van der Waals surface area (Å²) in [5.74, 6) is -1.10. The molecule has 0 atom stereocenters. The maximum atomic E-state index is 13.0. The molecule has 0 aliphatic carbocycles. The maximum absolute atomic E-state index is 13.0. The number of nitrogens with zero attached hydrogens (tertiary/aromatic N) is 1. The first-order valence-corrected chi connectivity index (χ1v) is 6.14. The smallest absolute Gasteiger partial charge is 0.338 e. The molecule has 0 N–H and O–H groups in total. The third kappa shape index (κ3) is 3.42. The molecule has 0 heterocycles. The molecule has 0 fully saturated rings. The van der Waals surface area contributed by atoms with E-state index in [0.717, 1.165) is 0 Å².